The van der Waals surface area contributed by atoms with Crippen LogP contribution in [-0.2, 0) is 0 Å². The molecule has 0 fully saturated rings. The zero-order valence-electron chi connectivity index (χ0n) is 28.9. The van der Waals surface area contributed by atoms with Crippen molar-refractivity contribution in [2.24, 2.45) is 0 Å². The van der Waals surface area contributed by atoms with Crippen LogP contribution >= 0.6 is 0 Å². The lowest BCUT2D eigenvalue weighted by Gasteiger charge is -2.53. The molecule has 0 atom stereocenters. The van der Waals surface area contributed by atoms with Crippen LogP contribution in [-0.4, -0.2) is 16.0 Å². The molecule has 2 aromatic carbocycles. The molecule has 1 nitrogen and oxygen atoms in total. The molecule has 0 bridgehead atoms. The first kappa shape index (κ1) is 36.6. The van der Waals surface area contributed by atoms with Crippen molar-refractivity contribution in [2.75, 3.05) is 0 Å². The monoisotopic (exact) mass is 576 g/mol. The third kappa shape index (κ3) is 13.8. The molecule has 0 aliphatic rings. The molecule has 42 heavy (non-hydrogen) atoms. The normalized spacial score (nSPS) is 12.5. The van der Waals surface area contributed by atoms with Crippen molar-refractivity contribution in [3.05, 3.63) is 71.8 Å². The van der Waals surface area contributed by atoms with E-state index in [1.54, 1.807) is 0 Å². The lowest BCUT2D eigenvalue weighted by atomic mass is 9.81. The van der Waals surface area contributed by atoms with Gasteiger partial charge in [0.2, 0.25) is 0 Å². The Morgan fingerprint density at radius 2 is 0.714 bits per heavy atom. The van der Waals surface area contributed by atoms with Crippen molar-refractivity contribution >= 4 is 0 Å². The SMILES string of the molecule is CCCCCCCCCCCC(C)(C)N(C(c1ccccc1)c1ccccc1)C(C)(C)CCCCCCCCCCC. The third-order valence-electron chi connectivity index (χ3n) is 9.58. The summed E-state index contributed by atoms with van der Waals surface area (Å²) in [6, 6.07) is 22.9. The Morgan fingerprint density at radius 3 is 1.02 bits per heavy atom. The van der Waals surface area contributed by atoms with Crippen LogP contribution in [0.5, 0.6) is 0 Å². The van der Waals surface area contributed by atoms with Crippen molar-refractivity contribution in [1.29, 1.82) is 0 Å². The minimum Gasteiger partial charge on any atom is -0.282 e. The number of nitrogens with zero attached hydrogens (tertiary/aromatic N) is 1. The smallest absolute Gasteiger partial charge is 0.0611 e. The van der Waals surface area contributed by atoms with E-state index in [1.165, 1.54) is 140 Å². The fourth-order valence-electron chi connectivity index (χ4n) is 7.26. The van der Waals surface area contributed by atoms with Crippen molar-refractivity contribution in [2.45, 2.75) is 187 Å². The molecule has 0 aromatic heterocycles. The molecule has 0 aliphatic carbocycles. The molecule has 1 heteroatoms. The highest BCUT2D eigenvalue weighted by molar-refractivity contribution is 5.33. The van der Waals surface area contributed by atoms with Gasteiger partial charge in [-0.25, -0.2) is 0 Å². The molecule has 0 saturated carbocycles. The zero-order chi connectivity index (χ0) is 30.5. The molecule has 2 aromatic rings. The first-order chi connectivity index (χ1) is 20.3. The van der Waals surface area contributed by atoms with Gasteiger partial charge in [0.25, 0.3) is 0 Å². The van der Waals surface area contributed by atoms with Gasteiger partial charge in [0.15, 0.2) is 0 Å². The maximum atomic E-state index is 2.93. The number of hydrogen-bond donors (Lipinski definition) is 0. The van der Waals surface area contributed by atoms with Crippen LogP contribution in [0.1, 0.15) is 187 Å². The van der Waals surface area contributed by atoms with Crippen LogP contribution in [0.4, 0.5) is 0 Å². The lowest BCUT2D eigenvalue weighted by molar-refractivity contribution is -0.0241. The van der Waals surface area contributed by atoms with Gasteiger partial charge in [-0.1, -0.05) is 190 Å². The van der Waals surface area contributed by atoms with E-state index < -0.39 is 0 Å². The molecule has 0 N–H and O–H groups in total. The summed E-state index contributed by atoms with van der Waals surface area (Å²) in [4.78, 5) is 2.93. The van der Waals surface area contributed by atoms with Gasteiger partial charge in [-0.3, -0.25) is 4.90 Å². The fraction of sp³-hybridized carbons (Fsp3) is 0.707. The Balaban J connectivity index is 2.13. The molecule has 0 aliphatic heterocycles. The Kier molecular flexibility index (Phi) is 18.4. The molecule has 0 radical (unpaired) electrons. The maximum absolute atomic E-state index is 2.93. The van der Waals surface area contributed by atoms with Crippen LogP contribution in [0.15, 0.2) is 60.7 Å². The molecule has 2 rings (SSSR count). The highest BCUT2D eigenvalue weighted by Gasteiger charge is 2.42. The van der Waals surface area contributed by atoms with Crippen LogP contribution in [0.25, 0.3) is 0 Å². The van der Waals surface area contributed by atoms with Crippen LogP contribution in [0.3, 0.4) is 0 Å². The molecule has 238 valence electrons. The Bertz CT molecular complexity index is 810. The molecule has 0 spiro atoms. The second-order valence-electron chi connectivity index (χ2n) is 14.4. The topological polar surface area (TPSA) is 3.24 Å². The molecule has 0 unspecified atom stereocenters. The summed E-state index contributed by atoms with van der Waals surface area (Å²) in [7, 11) is 0. The van der Waals surface area contributed by atoms with Crippen LogP contribution < -0.4 is 0 Å². The Hall–Kier alpha value is -1.60. The van der Waals surface area contributed by atoms with Crippen molar-refractivity contribution in [1.82, 2.24) is 4.90 Å². The highest BCUT2D eigenvalue weighted by Crippen LogP contribution is 2.43. The summed E-state index contributed by atoms with van der Waals surface area (Å²) >= 11 is 0. The van der Waals surface area contributed by atoms with Gasteiger partial charge in [0.05, 0.1) is 6.04 Å². The molecule has 0 amide bonds. The van der Waals surface area contributed by atoms with E-state index >= 15 is 0 Å². The summed E-state index contributed by atoms with van der Waals surface area (Å²) in [6.07, 6.45) is 27.5. The van der Waals surface area contributed by atoms with Gasteiger partial charge >= 0.3 is 0 Å². The van der Waals surface area contributed by atoms with Gasteiger partial charge in [-0.05, 0) is 51.7 Å². The first-order valence-electron chi connectivity index (χ1n) is 18.2. The zero-order valence-corrected chi connectivity index (χ0v) is 28.9. The number of hydrogen-bond acceptors (Lipinski definition) is 1. The van der Waals surface area contributed by atoms with Gasteiger partial charge in [-0.2, -0.15) is 0 Å². The summed E-state index contributed by atoms with van der Waals surface area (Å²) in [6.45, 7) is 14.8. The summed E-state index contributed by atoms with van der Waals surface area (Å²) in [5.41, 5.74) is 3.04. The van der Waals surface area contributed by atoms with E-state index in [4.69, 9.17) is 0 Å². The molecular weight excluding hydrogens is 506 g/mol. The number of benzene rings is 2. The van der Waals surface area contributed by atoms with Gasteiger partial charge in [-0.15, -0.1) is 0 Å². The summed E-state index contributed by atoms with van der Waals surface area (Å²) in [5.74, 6) is 0. The molecular formula is C41H69N. The largest absolute Gasteiger partial charge is 0.282 e. The van der Waals surface area contributed by atoms with Crippen molar-refractivity contribution in [3.8, 4) is 0 Å². The minimum atomic E-state index is 0.0975. The van der Waals surface area contributed by atoms with E-state index in [-0.39, 0.29) is 17.1 Å². The number of unbranched alkanes of at least 4 members (excludes halogenated alkanes) is 16. The second kappa shape index (κ2) is 21.2. The van der Waals surface area contributed by atoms with E-state index in [0.29, 0.717) is 0 Å². The van der Waals surface area contributed by atoms with Gasteiger partial charge in [0.1, 0.15) is 0 Å². The standard InChI is InChI=1S/C41H69N/c1-7-9-11-13-15-17-19-21-29-35-40(3,4)42(41(5,6)36-30-22-20-18-16-14-12-10-8-2)39(37-31-25-23-26-32-37)38-33-27-24-28-34-38/h23-28,31-34,39H,7-22,29-30,35-36H2,1-6H3. The van der Waals surface area contributed by atoms with E-state index in [1.807, 2.05) is 0 Å². The minimum absolute atomic E-state index is 0.0975. The molecule has 0 saturated heterocycles. The quantitative estimate of drug-likeness (QED) is 0.106. The van der Waals surface area contributed by atoms with Crippen LogP contribution in [0, 0.1) is 0 Å². The highest BCUT2D eigenvalue weighted by atomic mass is 15.3. The van der Waals surface area contributed by atoms with Crippen molar-refractivity contribution in [3.63, 3.8) is 0 Å². The van der Waals surface area contributed by atoms with Gasteiger partial charge in [0, 0.05) is 11.1 Å². The predicted octanol–water partition coefficient (Wildman–Crippen LogP) is 13.5. The summed E-state index contributed by atoms with van der Waals surface area (Å²) in [5, 5.41) is 0. The lowest BCUT2D eigenvalue weighted by Crippen LogP contribution is -2.57. The molecule has 0 heterocycles. The third-order valence-corrected chi connectivity index (χ3v) is 9.58. The average Bonchev–Trinajstić information content (AvgIpc) is 2.98. The maximum Gasteiger partial charge on any atom is 0.0611 e. The second-order valence-corrected chi connectivity index (χ2v) is 14.4. The van der Waals surface area contributed by atoms with Crippen molar-refractivity contribution < 1.29 is 0 Å². The summed E-state index contributed by atoms with van der Waals surface area (Å²) < 4.78 is 0. The first-order valence-corrected chi connectivity index (χ1v) is 18.2. The predicted molar refractivity (Wildman–Crippen MR) is 188 cm³/mol. The van der Waals surface area contributed by atoms with E-state index in [9.17, 15) is 0 Å². The van der Waals surface area contributed by atoms with Crippen LogP contribution in [0.2, 0.25) is 0 Å². The number of rotatable bonds is 25. The average molecular weight is 576 g/mol. The Morgan fingerprint density at radius 1 is 0.429 bits per heavy atom. The van der Waals surface area contributed by atoms with E-state index in [2.05, 4.69) is 107 Å². The van der Waals surface area contributed by atoms with E-state index in [0.717, 1.165) is 0 Å². The Labute approximate surface area is 263 Å². The fourth-order valence-corrected chi connectivity index (χ4v) is 7.26. The van der Waals surface area contributed by atoms with Gasteiger partial charge < -0.3 is 0 Å².